The zero-order valence-electron chi connectivity index (χ0n) is 46.2. The van der Waals surface area contributed by atoms with Crippen LogP contribution in [0.25, 0.3) is 0 Å². The minimum absolute atomic E-state index is 0.0529. The quantitative estimate of drug-likeness (QED) is 0.0264. The Hall–Kier alpha value is -2.29. The van der Waals surface area contributed by atoms with Gasteiger partial charge in [0.2, 0.25) is 0 Å². The molecule has 0 aliphatic carbocycles. The summed E-state index contributed by atoms with van der Waals surface area (Å²) in [6, 6.07) is 0. The number of carbonyl (C=O) groups excluding carboxylic acids is 2. The largest absolute Gasteiger partial charge is 0.472 e. The van der Waals surface area contributed by atoms with Crippen LogP contribution >= 0.6 is 7.82 Å². The van der Waals surface area contributed by atoms with E-state index in [-0.39, 0.29) is 38.6 Å². The van der Waals surface area contributed by atoms with Crippen LogP contribution in [0.5, 0.6) is 0 Å². The first-order valence-corrected chi connectivity index (χ1v) is 31.3. The molecule has 414 valence electrons. The smallest absolute Gasteiger partial charge is 0.462 e. The number of allylic oxidation sites excluding steroid dienone is 10. The van der Waals surface area contributed by atoms with Gasteiger partial charge in [-0.3, -0.25) is 18.6 Å². The molecule has 0 spiro atoms. The Morgan fingerprint density at radius 2 is 0.775 bits per heavy atom. The van der Waals surface area contributed by atoms with Crippen molar-refractivity contribution in [1.29, 1.82) is 0 Å². The SMILES string of the molecule is CC/C=C\C/C=C\C/C=C\C/C=C\CCCCCCCCCCCCCCCCCCC(=O)OC(COC(=O)CCCCCCCCCCC/C=C\CCCCCCCCCC)COP(=O)(O)OCCN. The van der Waals surface area contributed by atoms with Crippen molar-refractivity contribution in [2.24, 2.45) is 5.73 Å². The molecule has 0 aromatic heterocycles. The van der Waals surface area contributed by atoms with Gasteiger partial charge < -0.3 is 20.1 Å². The van der Waals surface area contributed by atoms with Crippen LogP contribution < -0.4 is 5.73 Å². The summed E-state index contributed by atoms with van der Waals surface area (Å²) in [6.07, 6.45) is 71.4. The van der Waals surface area contributed by atoms with Crippen LogP contribution in [0, 0.1) is 0 Å². The first kappa shape index (κ1) is 68.7. The molecule has 0 aliphatic heterocycles. The summed E-state index contributed by atoms with van der Waals surface area (Å²) in [7, 11) is -4.39. The molecule has 0 aromatic carbocycles. The topological polar surface area (TPSA) is 134 Å². The third-order valence-corrected chi connectivity index (χ3v) is 13.9. The van der Waals surface area contributed by atoms with Crippen molar-refractivity contribution >= 4 is 19.8 Å². The lowest BCUT2D eigenvalue weighted by atomic mass is 10.0. The molecule has 0 saturated carbocycles. The minimum atomic E-state index is -4.39. The second kappa shape index (κ2) is 57.0. The molecule has 9 nitrogen and oxygen atoms in total. The predicted octanol–water partition coefficient (Wildman–Crippen LogP) is 18.7. The van der Waals surface area contributed by atoms with E-state index in [1.165, 1.54) is 186 Å². The zero-order valence-corrected chi connectivity index (χ0v) is 47.1. The molecule has 0 amide bonds. The van der Waals surface area contributed by atoms with Crippen molar-refractivity contribution < 1.29 is 37.6 Å². The van der Waals surface area contributed by atoms with Crippen LogP contribution in [0.3, 0.4) is 0 Å². The van der Waals surface area contributed by atoms with Gasteiger partial charge in [-0.15, -0.1) is 0 Å². The molecule has 3 N–H and O–H groups in total. The maximum absolute atomic E-state index is 12.7. The molecule has 0 heterocycles. The van der Waals surface area contributed by atoms with Crippen LogP contribution in [0.1, 0.15) is 284 Å². The monoisotopic (exact) mass is 1020 g/mol. The van der Waals surface area contributed by atoms with E-state index < -0.39 is 26.5 Å². The summed E-state index contributed by atoms with van der Waals surface area (Å²) < 4.78 is 33.1. The van der Waals surface area contributed by atoms with Crippen LogP contribution in [0.15, 0.2) is 60.8 Å². The first-order valence-electron chi connectivity index (χ1n) is 29.8. The van der Waals surface area contributed by atoms with Gasteiger partial charge in [-0.2, -0.15) is 0 Å². The highest BCUT2D eigenvalue weighted by Gasteiger charge is 2.26. The third kappa shape index (κ3) is 56.9. The van der Waals surface area contributed by atoms with Crippen molar-refractivity contribution in [3.05, 3.63) is 60.8 Å². The molecule has 2 atom stereocenters. The number of nitrogens with two attached hydrogens (primary N) is 1. The Morgan fingerprint density at radius 3 is 1.17 bits per heavy atom. The Labute approximate surface area is 438 Å². The van der Waals surface area contributed by atoms with E-state index >= 15 is 0 Å². The Kier molecular flexibility index (Phi) is 55.2. The average Bonchev–Trinajstić information content (AvgIpc) is 3.36. The summed E-state index contributed by atoms with van der Waals surface area (Å²) in [5, 5.41) is 0. The van der Waals surface area contributed by atoms with Gasteiger partial charge in [0.25, 0.3) is 0 Å². The molecule has 0 radical (unpaired) electrons. The molecule has 0 bridgehead atoms. The molecular formula is C61H112NO8P. The van der Waals surface area contributed by atoms with E-state index in [0.717, 1.165) is 64.2 Å². The summed E-state index contributed by atoms with van der Waals surface area (Å²) in [5.74, 6) is -0.820. The van der Waals surface area contributed by atoms with Crippen molar-refractivity contribution in [3.63, 3.8) is 0 Å². The highest BCUT2D eigenvalue weighted by molar-refractivity contribution is 7.47. The molecular weight excluding hydrogens is 906 g/mol. The average molecular weight is 1020 g/mol. The second-order valence-corrected chi connectivity index (χ2v) is 21.3. The third-order valence-electron chi connectivity index (χ3n) is 12.9. The molecule has 0 aliphatic rings. The van der Waals surface area contributed by atoms with Gasteiger partial charge in [0.1, 0.15) is 6.61 Å². The maximum atomic E-state index is 12.7. The number of phosphoric acid groups is 1. The van der Waals surface area contributed by atoms with E-state index in [9.17, 15) is 19.0 Å². The zero-order chi connectivity index (χ0) is 51.7. The fourth-order valence-corrected chi connectivity index (χ4v) is 9.27. The van der Waals surface area contributed by atoms with Gasteiger partial charge >= 0.3 is 19.8 Å². The molecule has 10 heteroatoms. The normalized spacial score (nSPS) is 13.5. The molecule has 2 unspecified atom stereocenters. The molecule has 0 saturated heterocycles. The van der Waals surface area contributed by atoms with Crippen LogP contribution in [0.4, 0.5) is 0 Å². The summed E-state index contributed by atoms with van der Waals surface area (Å²) >= 11 is 0. The predicted molar refractivity (Wildman–Crippen MR) is 303 cm³/mol. The summed E-state index contributed by atoms with van der Waals surface area (Å²) in [4.78, 5) is 35.2. The van der Waals surface area contributed by atoms with Gasteiger partial charge in [-0.1, -0.05) is 254 Å². The van der Waals surface area contributed by atoms with Crippen molar-refractivity contribution in [3.8, 4) is 0 Å². The Morgan fingerprint density at radius 1 is 0.437 bits per heavy atom. The van der Waals surface area contributed by atoms with Gasteiger partial charge in [0.15, 0.2) is 6.10 Å². The molecule has 0 fully saturated rings. The van der Waals surface area contributed by atoms with E-state index in [2.05, 4.69) is 74.6 Å². The number of ether oxygens (including phenoxy) is 2. The molecule has 71 heavy (non-hydrogen) atoms. The van der Waals surface area contributed by atoms with Crippen molar-refractivity contribution in [2.45, 2.75) is 290 Å². The molecule has 0 aromatic rings. The highest BCUT2D eigenvalue weighted by atomic mass is 31.2. The fraction of sp³-hybridized carbons (Fsp3) is 0.803. The van der Waals surface area contributed by atoms with Crippen LogP contribution in [-0.2, 0) is 32.7 Å². The fourth-order valence-electron chi connectivity index (χ4n) is 8.51. The van der Waals surface area contributed by atoms with E-state index in [4.69, 9.17) is 24.3 Å². The number of unbranched alkanes of at least 4 members (excludes halogenated alkanes) is 33. The van der Waals surface area contributed by atoms with Crippen LogP contribution in [-0.4, -0.2) is 49.3 Å². The number of rotatable bonds is 56. The van der Waals surface area contributed by atoms with Gasteiger partial charge in [0.05, 0.1) is 13.2 Å². The van der Waals surface area contributed by atoms with Crippen LogP contribution in [0.2, 0.25) is 0 Å². The number of hydrogen-bond donors (Lipinski definition) is 2. The Balaban J connectivity index is 3.93. The lowest BCUT2D eigenvalue weighted by molar-refractivity contribution is -0.161. The maximum Gasteiger partial charge on any atom is 0.472 e. The number of phosphoric ester groups is 1. The standard InChI is InChI=1S/C61H112NO8P/c1-3-5-7-9-11-13-15-17-19-21-23-25-26-27-28-29-30-31-32-34-36-38-40-42-44-46-48-50-52-54-61(64)70-59(58-69-71(65,66)68-56-55-62)57-67-60(63)53-51-49-47-45-43-41-39-37-35-33-24-22-20-18-16-14-12-10-8-6-4-2/h5,7,11,13,17,19,22-25,59H,3-4,6,8-10,12,14-16,18,20-21,26-58,62H2,1-2H3,(H,65,66)/b7-5-,13-11-,19-17-,24-22-,25-23-. The molecule has 0 rings (SSSR count). The van der Waals surface area contributed by atoms with Gasteiger partial charge in [-0.05, 0) is 77.0 Å². The summed E-state index contributed by atoms with van der Waals surface area (Å²) in [5.41, 5.74) is 5.38. The number of hydrogen-bond acceptors (Lipinski definition) is 8. The Bertz CT molecular complexity index is 1350. The highest BCUT2D eigenvalue weighted by Crippen LogP contribution is 2.43. The van der Waals surface area contributed by atoms with Crippen molar-refractivity contribution in [1.82, 2.24) is 0 Å². The number of carbonyl (C=O) groups is 2. The van der Waals surface area contributed by atoms with E-state index in [1.807, 2.05) is 0 Å². The van der Waals surface area contributed by atoms with Crippen molar-refractivity contribution in [2.75, 3.05) is 26.4 Å². The number of esters is 2. The lowest BCUT2D eigenvalue weighted by Gasteiger charge is -2.19. The van der Waals surface area contributed by atoms with Gasteiger partial charge in [-0.25, -0.2) is 4.57 Å². The second-order valence-electron chi connectivity index (χ2n) is 19.8. The van der Waals surface area contributed by atoms with E-state index in [0.29, 0.717) is 6.42 Å². The lowest BCUT2D eigenvalue weighted by Crippen LogP contribution is -2.29. The van der Waals surface area contributed by atoms with E-state index in [1.54, 1.807) is 0 Å². The first-order chi connectivity index (χ1) is 34.8. The summed E-state index contributed by atoms with van der Waals surface area (Å²) in [6.45, 7) is 3.67. The minimum Gasteiger partial charge on any atom is -0.462 e. The van der Waals surface area contributed by atoms with Gasteiger partial charge in [0, 0.05) is 19.4 Å².